The first-order valence-electron chi connectivity index (χ1n) is 12.1. The lowest BCUT2D eigenvalue weighted by molar-refractivity contribution is -0.0235. The Morgan fingerprint density at radius 3 is 2.83 bits per heavy atom. The van der Waals surface area contributed by atoms with Gasteiger partial charge in [0.1, 0.15) is 17.9 Å². The molecule has 1 amide bonds. The molecule has 2 bridgehead atoms. The molecule has 3 aromatic heterocycles. The minimum absolute atomic E-state index is 0.159. The van der Waals surface area contributed by atoms with E-state index in [9.17, 15) is 14.0 Å². The summed E-state index contributed by atoms with van der Waals surface area (Å²) in [5.41, 5.74) is -0.0402. The molecule has 10 heteroatoms. The van der Waals surface area contributed by atoms with Crippen molar-refractivity contribution in [3.8, 4) is 5.88 Å². The molecule has 2 aliphatic carbocycles. The summed E-state index contributed by atoms with van der Waals surface area (Å²) in [4.78, 5) is 35.4. The fourth-order valence-corrected chi connectivity index (χ4v) is 5.18. The molecule has 0 radical (unpaired) electrons. The van der Waals surface area contributed by atoms with E-state index in [2.05, 4.69) is 15.3 Å². The maximum Gasteiger partial charge on any atom is 0.274 e. The van der Waals surface area contributed by atoms with Crippen LogP contribution in [0.1, 0.15) is 68.0 Å². The van der Waals surface area contributed by atoms with Gasteiger partial charge in [0.05, 0.1) is 24.0 Å². The van der Waals surface area contributed by atoms with Crippen LogP contribution in [-0.2, 0) is 10.2 Å². The maximum atomic E-state index is 13.4. The van der Waals surface area contributed by atoms with Crippen molar-refractivity contribution >= 4 is 17.4 Å². The molecule has 4 aliphatic rings. The Balaban J connectivity index is 1.35. The van der Waals surface area contributed by atoms with E-state index in [4.69, 9.17) is 9.47 Å². The van der Waals surface area contributed by atoms with E-state index in [0.717, 1.165) is 25.0 Å². The monoisotopic (exact) mass is 481 g/mol. The van der Waals surface area contributed by atoms with Gasteiger partial charge in [0.25, 0.3) is 11.5 Å². The molecule has 2 saturated carbocycles. The van der Waals surface area contributed by atoms with Gasteiger partial charge in [-0.2, -0.15) is 4.98 Å². The van der Waals surface area contributed by atoms with Gasteiger partial charge in [-0.3, -0.25) is 14.0 Å². The molecular weight excluding hydrogens is 453 g/mol. The second-order valence-electron chi connectivity index (χ2n) is 10.2. The number of pyridine rings is 1. The number of amides is 1. The maximum absolute atomic E-state index is 13.4. The fourth-order valence-electron chi connectivity index (χ4n) is 5.18. The zero-order chi connectivity index (χ0) is 24.4. The largest absolute Gasteiger partial charge is 0.474 e. The summed E-state index contributed by atoms with van der Waals surface area (Å²) in [5.74, 6) is 0.0672. The van der Waals surface area contributed by atoms with Crippen LogP contribution in [0.25, 0.3) is 5.78 Å². The number of alkyl halides is 1. The van der Waals surface area contributed by atoms with Crippen LogP contribution >= 0.6 is 0 Å². The molecule has 0 unspecified atom stereocenters. The van der Waals surface area contributed by atoms with Crippen molar-refractivity contribution in [3.05, 3.63) is 52.3 Å². The van der Waals surface area contributed by atoms with Crippen LogP contribution in [0, 0.1) is 0 Å². The number of aromatic nitrogens is 4. The number of carbonyl (C=O) groups is 1. The van der Waals surface area contributed by atoms with Crippen LogP contribution < -0.4 is 15.6 Å². The van der Waals surface area contributed by atoms with Gasteiger partial charge in [-0.15, -0.1) is 0 Å². The molecule has 2 aliphatic heterocycles. The molecule has 5 heterocycles. The van der Waals surface area contributed by atoms with Gasteiger partial charge < -0.3 is 19.4 Å². The second kappa shape index (κ2) is 7.87. The highest BCUT2D eigenvalue weighted by Crippen LogP contribution is 2.58. The van der Waals surface area contributed by atoms with Crippen LogP contribution in [-0.4, -0.2) is 49.8 Å². The van der Waals surface area contributed by atoms with Crippen LogP contribution in [0.15, 0.2) is 35.5 Å². The number of ether oxygens (including phenoxy) is 2. The van der Waals surface area contributed by atoms with E-state index in [0.29, 0.717) is 25.2 Å². The lowest BCUT2D eigenvalue weighted by Crippen LogP contribution is -2.48. The Morgan fingerprint density at radius 1 is 1.34 bits per heavy atom. The molecule has 184 valence electrons. The number of halogens is 1. The van der Waals surface area contributed by atoms with Gasteiger partial charge in [-0.25, -0.2) is 9.37 Å². The molecule has 4 fully saturated rings. The summed E-state index contributed by atoms with van der Waals surface area (Å²) in [6.07, 6.45) is 8.86. The van der Waals surface area contributed by atoms with Crippen molar-refractivity contribution in [2.45, 2.75) is 69.1 Å². The third kappa shape index (κ3) is 3.62. The molecule has 7 rings (SSSR count). The number of fused-ring (bicyclic) bond motifs is 2. The summed E-state index contributed by atoms with van der Waals surface area (Å²) in [6, 6.07) is 3.56. The molecule has 9 nitrogen and oxygen atoms in total. The van der Waals surface area contributed by atoms with Crippen LogP contribution in [0.5, 0.6) is 5.88 Å². The molecule has 1 atom stereocenters. The zero-order valence-electron chi connectivity index (χ0n) is 19.8. The Hall–Kier alpha value is -3.27. The second-order valence-corrected chi connectivity index (χ2v) is 10.2. The highest BCUT2D eigenvalue weighted by Gasteiger charge is 2.64. The minimum atomic E-state index is -0.678. The van der Waals surface area contributed by atoms with Gasteiger partial charge in [0.2, 0.25) is 11.7 Å². The van der Waals surface area contributed by atoms with E-state index < -0.39 is 18.2 Å². The van der Waals surface area contributed by atoms with E-state index in [1.165, 1.54) is 0 Å². The fraction of sp³-hybridized carbons (Fsp3) is 0.520. The smallest absolute Gasteiger partial charge is 0.274 e. The Bertz CT molecular complexity index is 1370. The molecule has 1 N–H and O–H groups in total. The number of nitrogens with one attached hydrogen (secondary N) is 1. The third-order valence-corrected chi connectivity index (χ3v) is 7.47. The summed E-state index contributed by atoms with van der Waals surface area (Å²) in [5, 5.41) is 2.75. The average molecular weight is 482 g/mol. The first-order valence-corrected chi connectivity index (χ1v) is 12.1. The quantitative estimate of drug-likeness (QED) is 0.529. The van der Waals surface area contributed by atoms with Gasteiger partial charge in [0, 0.05) is 30.0 Å². The third-order valence-electron chi connectivity index (χ3n) is 7.47. The van der Waals surface area contributed by atoms with Crippen molar-refractivity contribution in [2.24, 2.45) is 0 Å². The van der Waals surface area contributed by atoms with E-state index in [1.54, 1.807) is 33.5 Å². The lowest BCUT2D eigenvalue weighted by atomic mass is 9.61. The number of rotatable bonds is 8. The SMILES string of the molecule is CC[C@H](C)Oc1nc2nc(C34COC(CF)(C3)C4)cn2cc1C(=O)Nc1cccn(C2CC2)c1=O. The number of imidazole rings is 1. The molecule has 35 heavy (non-hydrogen) atoms. The number of hydrogen-bond donors (Lipinski definition) is 1. The topological polar surface area (TPSA) is 99.8 Å². The highest BCUT2D eigenvalue weighted by molar-refractivity contribution is 6.05. The van der Waals surface area contributed by atoms with E-state index in [-0.39, 0.29) is 40.3 Å². The van der Waals surface area contributed by atoms with Crippen LogP contribution in [0.3, 0.4) is 0 Å². The average Bonchev–Trinajstić information content (AvgIpc) is 3.32. The highest BCUT2D eigenvalue weighted by atomic mass is 19.1. The minimum Gasteiger partial charge on any atom is -0.474 e. The summed E-state index contributed by atoms with van der Waals surface area (Å²) >= 11 is 0. The number of nitrogens with zero attached hydrogens (tertiary/aromatic N) is 4. The van der Waals surface area contributed by atoms with Gasteiger partial charge in [0.15, 0.2) is 0 Å². The molecule has 3 aromatic rings. The first-order chi connectivity index (χ1) is 16.9. The standard InChI is InChI=1S/C25H28FN5O4/c1-3-15(2)35-21-17(20(32)27-18-5-4-8-31(22(18)33)16-6-7-16)9-30-10-19(28-23(30)29-21)24-11-25(12-24,13-26)34-14-24/h4-5,8-10,15-16H,3,6-7,11-14H2,1-2H3,(H,27,32)/t15-,24?,25?/m0/s1. The molecule has 2 saturated heterocycles. The molecular formula is C25H28FN5O4. The Kier molecular flexibility index (Phi) is 5.00. The van der Waals surface area contributed by atoms with Crippen LogP contribution in [0.4, 0.5) is 10.1 Å². The predicted octanol–water partition coefficient (Wildman–Crippen LogP) is 3.43. The van der Waals surface area contributed by atoms with Crippen molar-refractivity contribution < 1.29 is 18.7 Å². The van der Waals surface area contributed by atoms with Crippen molar-refractivity contribution in [2.75, 3.05) is 18.6 Å². The molecule has 0 spiro atoms. The summed E-state index contributed by atoms with van der Waals surface area (Å²) in [7, 11) is 0. The van der Waals surface area contributed by atoms with Crippen molar-refractivity contribution in [3.63, 3.8) is 0 Å². The zero-order valence-corrected chi connectivity index (χ0v) is 19.8. The molecule has 0 aromatic carbocycles. The summed E-state index contributed by atoms with van der Waals surface area (Å²) < 4.78 is 28.4. The number of hydrogen-bond acceptors (Lipinski definition) is 6. The number of carbonyl (C=O) groups excluding carboxylic acids is 1. The van der Waals surface area contributed by atoms with E-state index in [1.807, 2.05) is 20.0 Å². The van der Waals surface area contributed by atoms with Gasteiger partial charge >= 0.3 is 0 Å². The number of anilines is 1. The Labute approximate surface area is 201 Å². The predicted molar refractivity (Wildman–Crippen MR) is 126 cm³/mol. The van der Waals surface area contributed by atoms with Crippen molar-refractivity contribution in [1.82, 2.24) is 18.9 Å². The van der Waals surface area contributed by atoms with Gasteiger partial charge in [-0.1, -0.05) is 6.92 Å². The van der Waals surface area contributed by atoms with Crippen LogP contribution in [0.2, 0.25) is 0 Å². The van der Waals surface area contributed by atoms with E-state index >= 15 is 0 Å². The lowest BCUT2D eigenvalue weighted by Gasteiger charge is -2.41. The Morgan fingerprint density at radius 2 is 2.14 bits per heavy atom. The van der Waals surface area contributed by atoms with Gasteiger partial charge in [-0.05, 0) is 51.2 Å². The first kappa shape index (κ1) is 22.2. The summed E-state index contributed by atoms with van der Waals surface area (Å²) in [6.45, 7) is 3.80. The van der Waals surface area contributed by atoms with Crippen molar-refractivity contribution in [1.29, 1.82) is 0 Å². The normalized spacial score (nSPS) is 25.9.